The summed E-state index contributed by atoms with van der Waals surface area (Å²) in [5.74, 6) is 0.00506. The normalized spacial score (nSPS) is 13.7. The molecule has 2 aromatic carbocycles. The molecule has 2 unspecified atom stereocenters. The topological polar surface area (TPSA) is 17.1 Å². The summed E-state index contributed by atoms with van der Waals surface area (Å²) in [7, 11) is 0. The maximum absolute atomic E-state index is 12.8. The zero-order valence-electron chi connectivity index (χ0n) is 13.3. The van der Waals surface area contributed by atoms with E-state index in [0.717, 1.165) is 20.1 Å². The lowest BCUT2D eigenvalue weighted by Crippen LogP contribution is -2.16. The predicted octanol–water partition coefficient (Wildman–Crippen LogP) is 6.30. The van der Waals surface area contributed by atoms with Crippen LogP contribution in [0.5, 0.6) is 0 Å². The van der Waals surface area contributed by atoms with Gasteiger partial charge in [0.1, 0.15) is 5.78 Å². The smallest absolute Gasteiger partial charge is 0.147 e. The number of hydrogen-bond donors (Lipinski definition) is 0. The number of benzene rings is 2. The summed E-state index contributed by atoms with van der Waals surface area (Å²) < 4.78 is 2.10. The zero-order valence-corrected chi connectivity index (χ0v) is 16.5. The summed E-state index contributed by atoms with van der Waals surface area (Å²) in [4.78, 5) is 12.8. The van der Waals surface area contributed by atoms with Crippen molar-refractivity contribution in [2.45, 2.75) is 39.5 Å². The highest BCUT2D eigenvalue weighted by Gasteiger charge is 2.23. The number of hydrogen-bond acceptors (Lipinski definition) is 1. The van der Waals surface area contributed by atoms with Gasteiger partial charge >= 0.3 is 0 Å². The minimum Gasteiger partial charge on any atom is -0.298 e. The molecular weight excluding hydrogens is 404 g/mol. The minimum atomic E-state index is -0.119. The number of carbonyl (C=O) groups is 1. The molecule has 116 valence electrons. The minimum absolute atomic E-state index is 0.119. The van der Waals surface area contributed by atoms with Crippen molar-refractivity contribution < 1.29 is 4.79 Å². The van der Waals surface area contributed by atoms with E-state index in [1.54, 1.807) is 0 Å². The van der Waals surface area contributed by atoms with Gasteiger partial charge in [-0.2, -0.15) is 0 Å². The Hall–Kier alpha value is -0.930. The molecule has 0 spiro atoms. The Bertz CT molecular complexity index is 647. The molecule has 2 atom stereocenters. The second kappa shape index (κ2) is 7.10. The molecule has 0 aliphatic rings. The molecule has 3 heteroatoms. The maximum Gasteiger partial charge on any atom is 0.147 e. The molecular formula is C19H20Br2O. The van der Waals surface area contributed by atoms with Gasteiger partial charge in [0.15, 0.2) is 0 Å². The molecule has 0 saturated heterocycles. The van der Waals surface area contributed by atoms with Crippen molar-refractivity contribution in [1.82, 2.24) is 0 Å². The molecule has 0 radical (unpaired) electrons. The fourth-order valence-corrected chi connectivity index (χ4v) is 3.25. The van der Waals surface area contributed by atoms with Crippen LogP contribution in [0.25, 0.3) is 0 Å². The molecule has 22 heavy (non-hydrogen) atoms. The quantitative estimate of drug-likeness (QED) is 0.563. The lowest BCUT2D eigenvalue weighted by molar-refractivity contribution is -0.121. The Balaban J connectivity index is 2.25. The highest BCUT2D eigenvalue weighted by Crippen LogP contribution is 2.30. The van der Waals surface area contributed by atoms with Crippen LogP contribution in [0.4, 0.5) is 0 Å². The van der Waals surface area contributed by atoms with Gasteiger partial charge in [-0.1, -0.05) is 70.0 Å². The maximum atomic E-state index is 12.8. The van der Waals surface area contributed by atoms with Gasteiger partial charge in [-0.05, 0) is 48.2 Å². The molecule has 2 rings (SSSR count). The molecule has 0 fully saturated rings. The van der Waals surface area contributed by atoms with Crippen molar-refractivity contribution in [3.8, 4) is 0 Å². The van der Waals surface area contributed by atoms with Crippen LogP contribution in [0.1, 0.15) is 47.9 Å². The number of ketones is 1. The number of rotatable bonds is 4. The SMILES string of the molecule is Cc1ccc(C(C)C(=O)C(C)c2ccc(C)c(Br)c2)cc1Br. The lowest BCUT2D eigenvalue weighted by Gasteiger charge is -2.18. The summed E-state index contributed by atoms with van der Waals surface area (Å²) in [5, 5.41) is 0. The Kier molecular flexibility index (Phi) is 5.62. The second-order valence-electron chi connectivity index (χ2n) is 5.86. The van der Waals surface area contributed by atoms with Crippen LogP contribution < -0.4 is 0 Å². The Morgan fingerprint density at radius 3 is 1.50 bits per heavy atom. The molecule has 0 saturated carbocycles. The third-order valence-corrected chi connectivity index (χ3v) is 5.95. The van der Waals surface area contributed by atoms with Crippen molar-refractivity contribution in [2.75, 3.05) is 0 Å². The Morgan fingerprint density at radius 1 is 0.818 bits per heavy atom. The van der Waals surface area contributed by atoms with Crippen LogP contribution in [0, 0.1) is 13.8 Å². The summed E-state index contributed by atoms with van der Waals surface area (Å²) >= 11 is 7.09. The van der Waals surface area contributed by atoms with Crippen LogP contribution in [0.3, 0.4) is 0 Å². The van der Waals surface area contributed by atoms with E-state index in [0.29, 0.717) is 0 Å². The number of carbonyl (C=O) groups excluding carboxylic acids is 1. The van der Waals surface area contributed by atoms with Crippen molar-refractivity contribution >= 4 is 37.6 Å². The molecule has 1 nitrogen and oxygen atoms in total. The molecule has 0 aliphatic carbocycles. The first-order chi connectivity index (χ1) is 10.3. The van der Waals surface area contributed by atoms with Gasteiger partial charge in [0, 0.05) is 20.8 Å². The summed E-state index contributed by atoms with van der Waals surface area (Å²) in [6.07, 6.45) is 0. The van der Waals surface area contributed by atoms with Gasteiger partial charge < -0.3 is 0 Å². The molecule has 2 aromatic rings. The van der Waals surface area contributed by atoms with Gasteiger partial charge in [0.05, 0.1) is 0 Å². The van der Waals surface area contributed by atoms with Crippen molar-refractivity contribution in [1.29, 1.82) is 0 Å². The van der Waals surface area contributed by atoms with E-state index in [2.05, 4.69) is 56.1 Å². The summed E-state index contributed by atoms with van der Waals surface area (Å²) in [6.45, 7) is 8.07. The van der Waals surface area contributed by atoms with Crippen molar-refractivity contribution in [2.24, 2.45) is 0 Å². The summed E-state index contributed by atoms with van der Waals surface area (Å²) in [6, 6.07) is 12.3. The highest BCUT2D eigenvalue weighted by molar-refractivity contribution is 9.10. The fourth-order valence-electron chi connectivity index (χ4n) is 2.46. The molecule has 0 amide bonds. The first-order valence-corrected chi connectivity index (χ1v) is 8.95. The number of halogens is 2. The standard InChI is InChI=1S/C19H20Br2O/c1-11-5-7-15(9-17(11)20)13(3)19(22)14(4)16-8-6-12(2)18(21)10-16/h5-10,13-14H,1-4H3. The van der Waals surface area contributed by atoms with Crippen LogP contribution >= 0.6 is 31.9 Å². The van der Waals surface area contributed by atoms with Gasteiger partial charge in [0.25, 0.3) is 0 Å². The predicted molar refractivity (Wildman–Crippen MR) is 99.6 cm³/mol. The van der Waals surface area contributed by atoms with E-state index in [9.17, 15) is 4.79 Å². The van der Waals surface area contributed by atoms with Gasteiger partial charge in [-0.3, -0.25) is 4.79 Å². The molecule has 0 heterocycles. The molecule has 0 aliphatic heterocycles. The zero-order chi connectivity index (χ0) is 16.4. The largest absolute Gasteiger partial charge is 0.298 e. The van der Waals surface area contributed by atoms with Gasteiger partial charge in [-0.25, -0.2) is 0 Å². The molecule has 0 bridgehead atoms. The van der Waals surface area contributed by atoms with Crippen LogP contribution in [-0.4, -0.2) is 5.78 Å². The average molecular weight is 424 g/mol. The van der Waals surface area contributed by atoms with Gasteiger partial charge in [0.2, 0.25) is 0 Å². The van der Waals surface area contributed by atoms with E-state index in [1.807, 2.05) is 39.8 Å². The van der Waals surface area contributed by atoms with E-state index >= 15 is 0 Å². The van der Waals surface area contributed by atoms with E-state index in [4.69, 9.17) is 0 Å². The van der Waals surface area contributed by atoms with Crippen LogP contribution in [-0.2, 0) is 4.79 Å². The number of Topliss-reactive ketones (excluding diaryl/α,β-unsaturated/α-hetero) is 1. The van der Waals surface area contributed by atoms with E-state index < -0.39 is 0 Å². The average Bonchev–Trinajstić information content (AvgIpc) is 2.50. The molecule has 0 N–H and O–H groups in total. The lowest BCUT2D eigenvalue weighted by atomic mass is 9.85. The van der Waals surface area contributed by atoms with Crippen molar-refractivity contribution in [3.05, 3.63) is 67.6 Å². The first-order valence-electron chi connectivity index (χ1n) is 7.37. The monoisotopic (exact) mass is 422 g/mol. The fraction of sp³-hybridized carbons (Fsp3) is 0.316. The third-order valence-electron chi connectivity index (χ3n) is 4.25. The Morgan fingerprint density at radius 2 is 1.18 bits per heavy atom. The summed E-state index contributed by atoms with van der Waals surface area (Å²) in [5.41, 5.74) is 4.47. The van der Waals surface area contributed by atoms with Gasteiger partial charge in [-0.15, -0.1) is 0 Å². The van der Waals surface area contributed by atoms with E-state index in [1.165, 1.54) is 11.1 Å². The number of aryl methyl sites for hydroxylation is 2. The van der Waals surface area contributed by atoms with Crippen LogP contribution in [0.15, 0.2) is 45.3 Å². The molecule has 0 aromatic heterocycles. The van der Waals surface area contributed by atoms with Crippen LogP contribution in [0.2, 0.25) is 0 Å². The Labute approximate surface area is 149 Å². The first kappa shape index (κ1) is 17.4. The third kappa shape index (κ3) is 3.69. The second-order valence-corrected chi connectivity index (χ2v) is 7.57. The van der Waals surface area contributed by atoms with E-state index in [-0.39, 0.29) is 17.6 Å². The van der Waals surface area contributed by atoms with Crippen molar-refractivity contribution in [3.63, 3.8) is 0 Å². The highest BCUT2D eigenvalue weighted by atomic mass is 79.9.